The Bertz CT molecular complexity index is 529. The maximum absolute atomic E-state index is 5.73. The molecule has 1 atom stereocenters. The van der Waals surface area contributed by atoms with Gasteiger partial charge in [-0.2, -0.15) is 5.10 Å². The molecule has 3 heterocycles. The van der Waals surface area contributed by atoms with Gasteiger partial charge in [0, 0.05) is 30.3 Å². The quantitative estimate of drug-likeness (QED) is 0.814. The number of nitrogens with zero attached hydrogens (tertiary/aromatic N) is 3. The molecule has 18 heavy (non-hydrogen) atoms. The zero-order valence-electron chi connectivity index (χ0n) is 10.5. The summed E-state index contributed by atoms with van der Waals surface area (Å²) in [4.78, 5) is 4.21. The van der Waals surface area contributed by atoms with Gasteiger partial charge in [0.15, 0.2) is 0 Å². The Labute approximate surface area is 107 Å². The van der Waals surface area contributed by atoms with Crippen LogP contribution >= 0.6 is 0 Å². The summed E-state index contributed by atoms with van der Waals surface area (Å²) in [5.41, 5.74) is 3.30. The van der Waals surface area contributed by atoms with Gasteiger partial charge in [-0.25, -0.2) is 4.68 Å². The summed E-state index contributed by atoms with van der Waals surface area (Å²) in [7, 11) is 0. The molecule has 0 bridgehead atoms. The van der Waals surface area contributed by atoms with Crippen molar-refractivity contribution in [1.29, 1.82) is 0 Å². The molecule has 0 saturated carbocycles. The molecule has 1 aliphatic rings. The molecule has 0 aliphatic carbocycles. The smallest absolute Gasteiger partial charge is 0.150 e. The average Bonchev–Trinajstić information content (AvgIpc) is 2.89. The second-order valence-electron chi connectivity index (χ2n) is 4.72. The number of ether oxygens (including phenoxy) is 1. The molecule has 2 aromatic rings. The zero-order valence-corrected chi connectivity index (χ0v) is 10.5. The van der Waals surface area contributed by atoms with Crippen LogP contribution in [0.25, 0.3) is 11.1 Å². The first kappa shape index (κ1) is 11.4. The van der Waals surface area contributed by atoms with Gasteiger partial charge in [0.05, 0.1) is 6.20 Å². The monoisotopic (exact) mass is 243 g/mol. The Morgan fingerprint density at radius 3 is 3.06 bits per heavy atom. The first-order chi connectivity index (χ1) is 8.83. The van der Waals surface area contributed by atoms with Gasteiger partial charge < -0.3 is 4.74 Å². The lowest BCUT2D eigenvalue weighted by molar-refractivity contribution is -0.0394. The van der Waals surface area contributed by atoms with Crippen molar-refractivity contribution in [3.05, 3.63) is 36.4 Å². The number of pyridine rings is 1. The molecule has 3 rings (SSSR count). The maximum atomic E-state index is 5.73. The van der Waals surface area contributed by atoms with E-state index in [2.05, 4.69) is 22.3 Å². The van der Waals surface area contributed by atoms with Gasteiger partial charge in [0.25, 0.3) is 0 Å². The Balaban J connectivity index is 1.84. The Kier molecular flexibility index (Phi) is 3.11. The van der Waals surface area contributed by atoms with Crippen LogP contribution in [0, 0.1) is 6.92 Å². The molecule has 0 amide bonds. The predicted octanol–water partition coefficient (Wildman–Crippen LogP) is 2.95. The molecule has 1 fully saturated rings. The van der Waals surface area contributed by atoms with E-state index < -0.39 is 0 Å². The molecule has 0 aromatic carbocycles. The maximum Gasteiger partial charge on any atom is 0.150 e. The molecule has 0 radical (unpaired) electrons. The minimum Gasteiger partial charge on any atom is -0.357 e. The van der Waals surface area contributed by atoms with E-state index in [1.165, 1.54) is 6.42 Å². The van der Waals surface area contributed by atoms with Crippen molar-refractivity contribution in [2.75, 3.05) is 6.61 Å². The van der Waals surface area contributed by atoms with Crippen LogP contribution in [0.4, 0.5) is 0 Å². The fraction of sp³-hybridized carbons (Fsp3) is 0.429. The molecule has 1 saturated heterocycles. The highest BCUT2D eigenvalue weighted by Crippen LogP contribution is 2.25. The minimum absolute atomic E-state index is 0.107. The summed E-state index contributed by atoms with van der Waals surface area (Å²) in [6, 6.07) is 4.08. The van der Waals surface area contributed by atoms with Crippen LogP contribution in [0.2, 0.25) is 0 Å². The van der Waals surface area contributed by atoms with Gasteiger partial charge in [-0.05, 0) is 43.9 Å². The second kappa shape index (κ2) is 4.90. The van der Waals surface area contributed by atoms with Crippen molar-refractivity contribution in [2.24, 2.45) is 0 Å². The first-order valence-electron chi connectivity index (χ1n) is 6.42. The van der Waals surface area contributed by atoms with Crippen molar-refractivity contribution >= 4 is 0 Å². The molecular formula is C14H17N3O. The first-order valence-corrected chi connectivity index (χ1v) is 6.42. The molecule has 94 valence electrons. The van der Waals surface area contributed by atoms with Crippen LogP contribution in [-0.4, -0.2) is 21.4 Å². The lowest BCUT2D eigenvalue weighted by Crippen LogP contribution is -2.18. The third-order valence-electron chi connectivity index (χ3n) is 3.28. The molecule has 1 unspecified atom stereocenters. The van der Waals surface area contributed by atoms with E-state index in [0.717, 1.165) is 36.3 Å². The highest BCUT2D eigenvalue weighted by molar-refractivity contribution is 5.61. The van der Waals surface area contributed by atoms with E-state index >= 15 is 0 Å². The molecule has 4 nitrogen and oxygen atoms in total. The summed E-state index contributed by atoms with van der Waals surface area (Å²) in [6.45, 7) is 2.84. The molecule has 2 aromatic heterocycles. The van der Waals surface area contributed by atoms with Gasteiger partial charge in [-0.3, -0.25) is 4.98 Å². The van der Waals surface area contributed by atoms with E-state index in [1.807, 2.05) is 30.1 Å². The number of hydrogen-bond acceptors (Lipinski definition) is 3. The van der Waals surface area contributed by atoms with Gasteiger partial charge in [0.1, 0.15) is 6.23 Å². The van der Waals surface area contributed by atoms with Gasteiger partial charge in [0.2, 0.25) is 0 Å². The number of aromatic nitrogens is 3. The normalized spacial score (nSPS) is 19.9. The Hall–Kier alpha value is -1.68. The average molecular weight is 243 g/mol. The van der Waals surface area contributed by atoms with Crippen molar-refractivity contribution in [3.8, 4) is 11.1 Å². The lowest BCUT2D eigenvalue weighted by atomic mass is 10.1. The van der Waals surface area contributed by atoms with Gasteiger partial charge in [-0.15, -0.1) is 0 Å². The summed E-state index contributed by atoms with van der Waals surface area (Å²) in [5.74, 6) is 0. The van der Waals surface area contributed by atoms with E-state index in [9.17, 15) is 0 Å². The van der Waals surface area contributed by atoms with Crippen molar-refractivity contribution in [2.45, 2.75) is 32.4 Å². The predicted molar refractivity (Wildman–Crippen MR) is 69.0 cm³/mol. The van der Waals surface area contributed by atoms with E-state index in [-0.39, 0.29) is 6.23 Å². The van der Waals surface area contributed by atoms with Crippen molar-refractivity contribution in [1.82, 2.24) is 14.8 Å². The summed E-state index contributed by atoms with van der Waals surface area (Å²) < 4.78 is 7.66. The summed E-state index contributed by atoms with van der Waals surface area (Å²) >= 11 is 0. The highest BCUT2D eigenvalue weighted by Gasteiger charge is 2.16. The SMILES string of the molecule is Cc1cc(-c2cnn(C3CCCCO3)c2)ccn1. The molecule has 0 N–H and O–H groups in total. The fourth-order valence-electron chi connectivity index (χ4n) is 2.30. The summed E-state index contributed by atoms with van der Waals surface area (Å²) in [6.07, 6.45) is 9.32. The Morgan fingerprint density at radius 1 is 1.33 bits per heavy atom. The largest absolute Gasteiger partial charge is 0.357 e. The third-order valence-corrected chi connectivity index (χ3v) is 3.28. The number of rotatable bonds is 2. The standard InChI is InChI=1S/C14H17N3O/c1-11-8-12(5-6-15-11)13-9-16-17(10-13)14-4-2-3-7-18-14/h5-6,8-10,14H,2-4,7H2,1H3. The fourth-order valence-corrected chi connectivity index (χ4v) is 2.30. The minimum atomic E-state index is 0.107. The second-order valence-corrected chi connectivity index (χ2v) is 4.72. The highest BCUT2D eigenvalue weighted by atomic mass is 16.5. The van der Waals surface area contributed by atoms with Crippen LogP contribution in [0.15, 0.2) is 30.7 Å². The van der Waals surface area contributed by atoms with E-state index in [1.54, 1.807) is 0 Å². The van der Waals surface area contributed by atoms with Crippen LogP contribution in [0.1, 0.15) is 31.2 Å². The third kappa shape index (κ3) is 2.29. The van der Waals surface area contributed by atoms with Crippen LogP contribution < -0.4 is 0 Å². The zero-order chi connectivity index (χ0) is 12.4. The van der Waals surface area contributed by atoms with Gasteiger partial charge >= 0.3 is 0 Å². The van der Waals surface area contributed by atoms with Crippen LogP contribution in [0.3, 0.4) is 0 Å². The molecule has 4 heteroatoms. The molecule has 0 spiro atoms. The number of hydrogen-bond donors (Lipinski definition) is 0. The number of aryl methyl sites for hydroxylation is 1. The summed E-state index contributed by atoms with van der Waals surface area (Å²) in [5, 5.41) is 4.42. The molecular weight excluding hydrogens is 226 g/mol. The van der Waals surface area contributed by atoms with Crippen molar-refractivity contribution in [3.63, 3.8) is 0 Å². The van der Waals surface area contributed by atoms with E-state index in [4.69, 9.17) is 4.74 Å². The molecule has 1 aliphatic heterocycles. The van der Waals surface area contributed by atoms with Gasteiger partial charge in [-0.1, -0.05) is 0 Å². The lowest BCUT2D eigenvalue weighted by Gasteiger charge is -2.22. The van der Waals surface area contributed by atoms with Crippen LogP contribution in [-0.2, 0) is 4.74 Å². The van der Waals surface area contributed by atoms with Crippen molar-refractivity contribution < 1.29 is 4.74 Å². The van der Waals surface area contributed by atoms with Crippen LogP contribution in [0.5, 0.6) is 0 Å². The topological polar surface area (TPSA) is 39.9 Å². The van der Waals surface area contributed by atoms with E-state index in [0.29, 0.717) is 0 Å². The Morgan fingerprint density at radius 2 is 2.28 bits per heavy atom.